The molecule has 1 aliphatic rings. The van der Waals surface area contributed by atoms with Gasteiger partial charge in [-0.2, -0.15) is 0 Å². The monoisotopic (exact) mass is 382 g/mol. The van der Waals surface area contributed by atoms with Crippen molar-refractivity contribution in [3.63, 3.8) is 0 Å². The fourth-order valence-electron chi connectivity index (χ4n) is 3.85. The number of halogens is 2. The first-order chi connectivity index (χ1) is 13.4. The molecule has 1 aliphatic heterocycles. The van der Waals surface area contributed by atoms with Gasteiger partial charge in [0.25, 0.3) is 0 Å². The Labute approximate surface area is 161 Å². The molecule has 6 heteroatoms. The Hall–Kier alpha value is -3.02. The number of ether oxygens (including phenoxy) is 1. The van der Waals surface area contributed by atoms with Gasteiger partial charge in [0, 0.05) is 5.92 Å². The van der Waals surface area contributed by atoms with Gasteiger partial charge in [-0.25, -0.2) is 13.8 Å². The first kappa shape index (κ1) is 18.3. The number of nitrogens with one attached hydrogen (secondary N) is 1. The lowest BCUT2D eigenvalue weighted by atomic mass is 9.77. The van der Waals surface area contributed by atoms with Crippen LogP contribution >= 0.6 is 0 Å². The van der Waals surface area contributed by atoms with Crippen LogP contribution in [0.3, 0.4) is 0 Å². The van der Waals surface area contributed by atoms with E-state index in [0.29, 0.717) is 12.1 Å². The predicted octanol–water partition coefficient (Wildman–Crippen LogP) is 4.87. The summed E-state index contributed by atoms with van der Waals surface area (Å²) in [4.78, 5) is 20.1. The molecule has 0 amide bonds. The second-order valence-corrected chi connectivity index (χ2v) is 7.41. The number of carbonyl (C=O) groups is 1. The zero-order chi connectivity index (χ0) is 19.8. The van der Waals surface area contributed by atoms with Crippen molar-refractivity contribution in [1.29, 1.82) is 0 Å². The minimum atomic E-state index is -0.597. The Bertz CT molecular complexity index is 1010. The Morgan fingerprint density at radius 3 is 2.61 bits per heavy atom. The van der Waals surface area contributed by atoms with E-state index >= 15 is 0 Å². The van der Waals surface area contributed by atoms with Gasteiger partial charge in [-0.3, -0.25) is 4.79 Å². The summed E-state index contributed by atoms with van der Waals surface area (Å²) in [6.07, 6.45) is 0.526. The summed E-state index contributed by atoms with van der Waals surface area (Å²) in [6.45, 7) is 4.03. The molecule has 0 spiro atoms. The molecule has 2 unspecified atom stereocenters. The average Bonchev–Trinajstić information content (AvgIpc) is 3.07. The van der Waals surface area contributed by atoms with Gasteiger partial charge >= 0.3 is 5.97 Å². The highest BCUT2D eigenvalue weighted by Crippen LogP contribution is 2.43. The minimum absolute atomic E-state index is 0.00700. The number of aromatic nitrogens is 2. The van der Waals surface area contributed by atoms with Crippen LogP contribution in [-0.4, -0.2) is 15.9 Å². The quantitative estimate of drug-likeness (QED) is 0.655. The Kier molecular flexibility index (Phi) is 4.71. The number of carbonyl (C=O) groups excluding carboxylic acids is 1. The highest BCUT2D eigenvalue weighted by molar-refractivity contribution is 5.79. The second kappa shape index (κ2) is 7.19. The van der Waals surface area contributed by atoms with E-state index in [1.807, 2.05) is 44.2 Å². The van der Waals surface area contributed by atoms with Gasteiger partial charge < -0.3 is 9.72 Å². The molecule has 2 heterocycles. The van der Waals surface area contributed by atoms with E-state index in [4.69, 9.17) is 4.74 Å². The summed E-state index contributed by atoms with van der Waals surface area (Å²) >= 11 is 0. The fraction of sp³-hybridized carbons (Fsp3) is 0.273. The third-order valence-electron chi connectivity index (χ3n) is 5.15. The Balaban J connectivity index is 1.75. The molecular weight excluding hydrogens is 362 g/mol. The molecule has 0 bridgehead atoms. The van der Waals surface area contributed by atoms with E-state index in [2.05, 4.69) is 9.97 Å². The van der Waals surface area contributed by atoms with Crippen molar-refractivity contribution in [2.75, 3.05) is 0 Å². The van der Waals surface area contributed by atoms with Crippen LogP contribution in [0.1, 0.15) is 31.0 Å². The minimum Gasteiger partial charge on any atom is -0.407 e. The smallest absolute Gasteiger partial charge is 0.316 e. The maximum absolute atomic E-state index is 14.2. The zero-order valence-electron chi connectivity index (χ0n) is 15.6. The second-order valence-electron chi connectivity index (χ2n) is 7.41. The van der Waals surface area contributed by atoms with Crippen molar-refractivity contribution in [3.05, 3.63) is 71.4 Å². The number of H-pyrrole nitrogens is 1. The lowest BCUT2D eigenvalue weighted by molar-refractivity contribution is -0.142. The van der Waals surface area contributed by atoms with Gasteiger partial charge in [-0.15, -0.1) is 0 Å². The lowest BCUT2D eigenvalue weighted by Crippen LogP contribution is -2.35. The van der Waals surface area contributed by atoms with Crippen LogP contribution in [0.4, 0.5) is 8.78 Å². The molecular formula is C22H20F2N2O2. The van der Waals surface area contributed by atoms with Crippen molar-refractivity contribution in [1.82, 2.24) is 9.97 Å². The van der Waals surface area contributed by atoms with Crippen LogP contribution in [-0.2, 0) is 11.2 Å². The molecule has 0 saturated heterocycles. The van der Waals surface area contributed by atoms with Crippen molar-refractivity contribution in [2.24, 2.45) is 11.8 Å². The van der Waals surface area contributed by atoms with Crippen LogP contribution in [0.5, 0.6) is 5.88 Å². The van der Waals surface area contributed by atoms with E-state index in [9.17, 15) is 13.6 Å². The van der Waals surface area contributed by atoms with Crippen molar-refractivity contribution in [2.45, 2.75) is 26.2 Å². The van der Waals surface area contributed by atoms with Crippen LogP contribution in [0.15, 0.2) is 48.5 Å². The maximum Gasteiger partial charge on any atom is 0.316 e. The van der Waals surface area contributed by atoms with Crippen molar-refractivity contribution in [3.8, 4) is 17.3 Å². The average molecular weight is 382 g/mol. The van der Waals surface area contributed by atoms with E-state index in [1.165, 1.54) is 0 Å². The van der Waals surface area contributed by atoms with Gasteiger partial charge in [0.05, 0.1) is 11.5 Å². The number of imidazole rings is 1. The third kappa shape index (κ3) is 3.30. The maximum atomic E-state index is 14.2. The zero-order valence-corrected chi connectivity index (χ0v) is 15.6. The molecule has 2 atom stereocenters. The van der Waals surface area contributed by atoms with E-state index in [-0.39, 0.29) is 35.1 Å². The highest BCUT2D eigenvalue weighted by Gasteiger charge is 2.42. The Morgan fingerprint density at radius 2 is 1.89 bits per heavy atom. The van der Waals surface area contributed by atoms with Crippen LogP contribution in [0.25, 0.3) is 11.4 Å². The van der Waals surface area contributed by atoms with E-state index in [0.717, 1.165) is 23.8 Å². The van der Waals surface area contributed by atoms with E-state index in [1.54, 1.807) is 0 Å². The normalized spacial score (nSPS) is 18.8. The molecule has 4 nitrogen and oxygen atoms in total. The van der Waals surface area contributed by atoms with E-state index < -0.39 is 17.6 Å². The Morgan fingerprint density at radius 1 is 1.14 bits per heavy atom. The summed E-state index contributed by atoms with van der Waals surface area (Å²) in [5.74, 6) is -1.63. The topological polar surface area (TPSA) is 55.0 Å². The fourth-order valence-corrected chi connectivity index (χ4v) is 3.85. The van der Waals surface area contributed by atoms with Crippen molar-refractivity contribution >= 4 is 5.97 Å². The van der Waals surface area contributed by atoms with Gasteiger partial charge in [0.2, 0.25) is 5.88 Å². The standard InChI is InChI=1S/C22H20F2N2O2/c1-12(2)18-16(10-13-6-4-3-5-7-13)22(27)28-21-19(18)25-20(26-21)15-11-14(23)8-9-17(15)24/h3-9,11-12,16,18H,10H2,1-2H3,(H,25,26). The van der Waals surface area contributed by atoms with Crippen molar-refractivity contribution < 1.29 is 18.3 Å². The SMILES string of the molecule is CC(C)C1c2nc(-c3cc(F)ccc3F)[nH]c2OC(=O)C1Cc1ccccc1. The third-order valence-corrected chi connectivity index (χ3v) is 5.15. The molecule has 28 heavy (non-hydrogen) atoms. The first-order valence-electron chi connectivity index (χ1n) is 9.25. The molecule has 3 aromatic rings. The molecule has 2 aromatic carbocycles. The van der Waals surface area contributed by atoms with Gasteiger partial charge in [-0.05, 0) is 36.1 Å². The summed E-state index contributed by atoms with van der Waals surface area (Å²) < 4.78 is 33.3. The molecule has 4 rings (SSSR count). The molecule has 144 valence electrons. The number of benzene rings is 2. The molecule has 0 saturated carbocycles. The predicted molar refractivity (Wildman–Crippen MR) is 101 cm³/mol. The molecule has 1 aromatic heterocycles. The number of esters is 1. The number of hydrogen-bond acceptors (Lipinski definition) is 3. The van der Waals surface area contributed by atoms with Gasteiger partial charge in [0.1, 0.15) is 23.2 Å². The summed E-state index contributed by atoms with van der Waals surface area (Å²) in [7, 11) is 0. The number of rotatable bonds is 4. The summed E-state index contributed by atoms with van der Waals surface area (Å²) in [6, 6.07) is 12.9. The molecule has 0 radical (unpaired) electrons. The molecule has 1 N–H and O–H groups in total. The summed E-state index contributed by atoms with van der Waals surface area (Å²) in [5, 5.41) is 0. The first-order valence-corrected chi connectivity index (χ1v) is 9.25. The van der Waals surface area contributed by atoms with Gasteiger partial charge in [0.15, 0.2) is 0 Å². The number of aromatic amines is 1. The molecule has 0 fully saturated rings. The number of nitrogens with zero attached hydrogens (tertiary/aromatic N) is 1. The van der Waals surface area contributed by atoms with Crippen LogP contribution in [0.2, 0.25) is 0 Å². The van der Waals surface area contributed by atoms with Crippen LogP contribution < -0.4 is 4.74 Å². The lowest BCUT2D eigenvalue weighted by Gasteiger charge is -2.31. The summed E-state index contributed by atoms with van der Waals surface area (Å²) in [5.41, 5.74) is 1.62. The van der Waals surface area contributed by atoms with Crippen LogP contribution in [0, 0.1) is 23.5 Å². The number of hydrogen-bond donors (Lipinski definition) is 1. The number of fused-ring (bicyclic) bond motifs is 1. The highest BCUT2D eigenvalue weighted by atomic mass is 19.1. The largest absolute Gasteiger partial charge is 0.407 e. The van der Waals surface area contributed by atoms with Gasteiger partial charge in [-0.1, -0.05) is 44.2 Å². The molecule has 0 aliphatic carbocycles.